The third-order valence-corrected chi connectivity index (χ3v) is 6.60. The fourth-order valence-corrected chi connectivity index (χ4v) is 4.68. The number of ether oxygens (including phenoxy) is 2. The van der Waals surface area contributed by atoms with E-state index in [1.807, 2.05) is 0 Å². The molecule has 0 atom stereocenters. The first-order valence-corrected chi connectivity index (χ1v) is 10.8. The number of amides is 1. The molecule has 1 heterocycles. The minimum atomic E-state index is -3.59. The molecule has 0 N–H and O–H groups in total. The number of nitrogens with zero attached hydrogens (tertiary/aromatic N) is 2. The van der Waals surface area contributed by atoms with Crippen LogP contribution in [0.25, 0.3) is 0 Å². The zero-order valence-corrected chi connectivity index (χ0v) is 17.0. The maximum atomic E-state index is 13.0. The van der Waals surface area contributed by atoms with E-state index < -0.39 is 10.0 Å². The molecule has 1 aliphatic heterocycles. The summed E-state index contributed by atoms with van der Waals surface area (Å²) in [7, 11) is -0.434. The second kappa shape index (κ2) is 10.8. The van der Waals surface area contributed by atoms with Crippen molar-refractivity contribution in [3.8, 4) is 0 Å². The summed E-state index contributed by atoms with van der Waals surface area (Å²) in [6, 6.07) is 6.32. The summed E-state index contributed by atoms with van der Waals surface area (Å²) in [5.41, 5.74) is 0.359. The maximum absolute atomic E-state index is 13.0. The van der Waals surface area contributed by atoms with Gasteiger partial charge in [-0.1, -0.05) is 18.9 Å². The molecule has 0 unspecified atom stereocenters. The first kappa shape index (κ1) is 21.8. The number of rotatable bonds is 9. The molecule has 0 aromatic heterocycles. The highest BCUT2D eigenvalue weighted by atomic mass is 32.2. The van der Waals surface area contributed by atoms with Gasteiger partial charge >= 0.3 is 0 Å². The van der Waals surface area contributed by atoms with Gasteiger partial charge in [-0.15, -0.1) is 0 Å². The Morgan fingerprint density at radius 2 is 1.63 bits per heavy atom. The second-order valence-electron chi connectivity index (χ2n) is 6.62. The second-order valence-corrected chi connectivity index (χ2v) is 8.56. The first-order valence-electron chi connectivity index (χ1n) is 9.38. The predicted octanol–water partition coefficient (Wildman–Crippen LogP) is 1.99. The molecule has 1 aromatic rings. The molecular weight excluding hydrogens is 368 g/mol. The number of hydrogen-bond donors (Lipinski definition) is 0. The third-order valence-electron chi connectivity index (χ3n) is 4.70. The SMILES string of the molecule is COCCN(CCOC)C(=O)c1cccc(S(=O)(=O)N2CCCCCC2)c1. The van der Waals surface area contributed by atoms with Gasteiger partial charge in [0.05, 0.1) is 18.1 Å². The van der Waals surface area contributed by atoms with Crippen LogP contribution in [-0.4, -0.2) is 77.1 Å². The van der Waals surface area contributed by atoms with Crippen LogP contribution in [0, 0.1) is 0 Å². The van der Waals surface area contributed by atoms with E-state index >= 15 is 0 Å². The highest BCUT2D eigenvalue weighted by molar-refractivity contribution is 7.89. The molecule has 0 bridgehead atoms. The van der Waals surface area contributed by atoms with Gasteiger partial charge in [-0.3, -0.25) is 4.79 Å². The van der Waals surface area contributed by atoms with Gasteiger partial charge in [0.25, 0.3) is 5.91 Å². The van der Waals surface area contributed by atoms with Crippen LogP contribution < -0.4 is 0 Å². The lowest BCUT2D eigenvalue weighted by atomic mass is 10.2. The number of methoxy groups -OCH3 is 2. The molecule has 0 spiro atoms. The average Bonchev–Trinajstić information content (AvgIpc) is 2.98. The van der Waals surface area contributed by atoms with Crippen molar-refractivity contribution in [2.24, 2.45) is 0 Å². The molecule has 1 aliphatic rings. The van der Waals surface area contributed by atoms with Gasteiger partial charge in [-0.25, -0.2) is 8.42 Å². The van der Waals surface area contributed by atoms with Gasteiger partial charge in [-0.2, -0.15) is 4.31 Å². The van der Waals surface area contributed by atoms with Crippen LogP contribution >= 0.6 is 0 Å². The van der Waals surface area contributed by atoms with E-state index in [9.17, 15) is 13.2 Å². The standard InChI is InChI=1S/C19H30N2O5S/c1-25-14-12-20(13-15-26-2)19(22)17-8-7-9-18(16-17)27(23,24)21-10-5-3-4-6-11-21/h7-9,16H,3-6,10-15H2,1-2H3. The lowest BCUT2D eigenvalue weighted by Crippen LogP contribution is -2.36. The minimum Gasteiger partial charge on any atom is -0.383 e. The monoisotopic (exact) mass is 398 g/mol. The molecule has 1 saturated heterocycles. The van der Waals surface area contributed by atoms with Crippen LogP contribution in [0.1, 0.15) is 36.0 Å². The van der Waals surface area contributed by atoms with Gasteiger partial charge in [0.1, 0.15) is 0 Å². The highest BCUT2D eigenvalue weighted by Crippen LogP contribution is 2.21. The topological polar surface area (TPSA) is 76.1 Å². The highest BCUT2D eigenvalue weighted by Gasteiger charge is 2.26. The summed E-state index contributed by atoms with van der Waals surface area (Å²) in [6.07, 6.45) is 3.86. The Hall–Kier alpha value is -1.48. The van der Waals surface area contributed by atoms with Gasteiger partial charge in [0.15, 0.2) is 0 Å². The van der Waals surface area contributed by atoms with Crippen molar-refractivity contribution in [2.45, 2.75) is 30.6 Å². The molecule has 2 rings (SSSR count). The van der Waals surface area contributed by atoms with Crippen molar-refractivity contribution in [1.82, 2.24) is 9.21 Å². The molecule has 0 aliphatic carbocycles. The van der Waals surface area contributed by atoms with Gasteiger partial charge in [0, 0.05) is 46.0 Å². The lowest BCUT2D eigenvalue weighted by Gasteiger charge is -2.23. The van der Waals surface area contributed by atoms with Crippen molar-refractivity contribution in [1.29, 1.82) is 0 Å². The lowest BCUT2D eigenvalue weighted by molar-refractivity contribution is 0.0627. The molecule has 8 heteroatoms. The maximum Gasteiger partial charge on any atom is 0.254 e. The number of carbonyl (C=O) groups excluding carboxylic acids is 1. The molecule has 0 radical (unpaired) electrons. The quantitative estimate of drug-likeness (QED) is 0.636. The molecule has 27 heavy (non-hydrogen) atoms. The molecule has 1 fully saturated rings. The molecule has 7 nitrogen and oxygen atoms in total. The van der Waals surface area contributed by atoms with Crippen LogP contribution in [0.15, 0.2) is 29.2 Å². The van der Waals surface area contributed by atoms with E-state index in [4.69, 9.17) is 9.47 Å². The van der Waals surface area contributed by atoms with Crippen molar-refractivity contribution >= 4 is 15.9 Å². The van der Waals surface area contributed by atoms with E-state index in [0.29, 0.717) is 45.0 Å². The van der Waals surface area contributed by atoms with E-state index in [1.165, 1.54) is 10.4 Å². The fourth-order valence-electron chi connectivity index (χ4n) is 3.12. The van der Waals surface area contributed by atoms with E-state index in [0.717, 1.165) is 25.7 Å². The Morgan fingerprint density at radius 3 is 2.19 bits per heavy atom. The van der Waals surface area contributed by atoms with E-state index in [2.05, 4.69) is 0 Å². The third kappa shape index (κ3) is 6.00. The van der Waals surface area contributed by atoms with Crippen molar-refractivity contribution in [2.75, 3.05) is 53.6 Å². The van der Waals surface area contributed by atoms with E-state index in [1.54, 1.807) is 37.3 Å². The van der Waals surface area contributed by atoms with Crippen LogP contribution in [0.5, 0.6) is 0 Å². The Kier molecular flexibility index (Phi) is 8.69. The largest absolute Gasteiger partial charge is 0.383 e. The smallest absolute Gasteiger partial charge is 0.254 e. The predicted molar refractivity (Wildman–Crippen MR) is 103 cm³/mol. The normalized spacial score (nSPS) is 16.1. The first-order chi connectivity index (χ1) is 13.0. The summed E-state index contributed by atoms with van der Waals surface area (Å²) in [5, 5.41) is 0. The Morgan fingerprint density at radius 1 is 1.04 bits per heavy atom. The van der Waals surface area contributed by atoms with Crippen LogP contribution in [-0.2, 0) is 19.5 Å². The molecule has 1 aromatic carbocycles. The average molecular weight is 399 g/mol. The number of benzene rings is 1. The number of sulfonamides is 1. The summed E-state index contributed by atoms with van der Waals surface area (Å²) in [6.45, 7) is 2.72. The molecule has 152 valence electrons. The van der Waals surface area contributed by atoms with Gasteiger partial charge in [-0.05, 0) is 31.0 Å². The summed E-state index contributed by atoms with van der Waals surface area (Å²) in [4.78, 5) is 14.7. The summed E-state index contributed by atoms with van der Waals surface area (Å²) >= 11 is 0. The van der Waals surface area contributed by atoms with Gasteiger partial charge in [0.2, 0.25) is 10.0 Å². The molecule has 1 amide bonds. The van der Waals surface area contributed by atoms with Gasteiger partial charge < -0.3 is 14.4 Å². The number of hydrogen-bond acceptors (Lipinski definition) is 5. The van der Waals surface area contributed by atoms with E-state index in [-0.39, 0.29) is 10.8 Å². The zero-order valence-electron chi connectivity index (χ0n) is 16.2. The molecule has 0 saturated carbocycles. The van der Waals surface area contributed by atoms with Crippen molar-refractivity contribution in [3.63, 3.8) is 0 Å². The zero-order chi connectivity index (χ0) is 19.7. The van der Waals surface area contributed by atoms with Crippen LogP contribution in [0.4, 0.5) is 0 Å². The summed E-state index contributed by atoms with van der Waals surface area (Å²) < 4.78 is 37.7. The Labute approximate surface area is 162 Å². The Bertz CT molecular complexity index is 692. The minimum absolute atomic E-state index is 0.175. The molecular formula is C19H30N2O5S. The van der Waals surface area contributed by atoms with Crippen LogP contribution in [0.3, 0.4) is 0 Å². The van der Waals surface area contributed by atoms with Crippen LogP contribution in [0.2, 0.25) is 0 Å². The van der Waals surface area contributed by atoms with Crippen molar-refractivity contribution < 1.29 is 22.7 Å². The summed E-state index contributed by atoms with van der Waals surface area (Å²) in [5.74, 6) is -0.225. The number of carbonyl (C=O) groups is 1. The fraction of sp³-hybridized carbons (Fsp3) is 0.632. The van der Waals surface area contributed by atoms with Crippen molar-refractivity contribution in [3.05, 3.63) is 29.8 Å². The Balaban J connectivity index is 2.22.